The van der Waals surface area contributed by atoms with Crippen LogP contribution in [0.4, 0.5) is 0 Å². The first-order chi connectivity index (χ1) is 50.4. The van der Waals surface area contributed by atoms with Gasteiger partial charge in [-0.1, -0.05) is 401 Å². The van der Waals surface area contributed by atoms with E-state index in [0.717, 1.165) is 102 Å². The number of phosphoric ester groups is 2. The number of ether oxygens (including phenoxy) is 4. The van der Waals surface area contributed by atoms with E-state index in [0.29, 0.717) is 25.7 Å². The van der Waals surface area contributed by atoms with Gasteiger partial charge in [0, 0.05) is 25.7 Å². The van der Waals surface area contributed by atoms with Gasteiger partial charge in [-0.3, -0.25) is 37.3 Å². The van der Waals surface area contributed by atoms with E-state index in [1.807, 2.05) is 0 Å². The fraction of sp³-hybridized carbons (Fsp3) is 0.953. The quantitative estimate of drug-likeness (QED) is 0.0222. The normalized spacial score (nSPS) is 13.8. The summed E-state index contributed by atoms with van der Waals surface area (Å²) in [7, 11) is -9.92. The van der Waals surface area contributed by atoms with Gasteiger partial charge in [0.2, 0.25) is 0 Å². The van der Waals surface area contributed by atoms with Gasteiger partial charge in [0.05, 0.1) is 26.4 Å². The van der Waals surface area contributed by atoms with Crippen LogP contribution in [-0.4, -0.2) is 96.7 Å². The van der Waals surface area contributed by atoms with Crippen LogP contribution in [-0.2, 0) is 65.4 Å². The number of hydrogen-bond acceptors (Lipinski definition) is 15. The Labute approximate surface area is 638 Å². The third kappa shape index (κ3) is 78.2. The fourth-order valence-corrected chi connectivity index (χ4v) is 14.8. The lowest BCUT2D eigenvalue weighted by Crippen LogP contribution is -2.30. The zero-order valence-corrected chi connectivity index (χ0v) is 70.1. The Bertz CT molecular complexity index is 1990. The summed E-state index contributed by atoms with van der Waals surface area (Å²) in [6, 6.07) is 0. The average molecular weight is 1520 g/mol. The van der Waals surface area contributed by atoms with Crippen molar-refractivity contribution in [3.63, 3.8) is 0 Å². The van der Waals surface area contributed by atoms with Gasteiger partial charge in [0.25, 0.3) is 0 Å². The third-order valence-electron chi connectivity index (χ3n) is 20.0. The van der Waals surface area contributed by atoms with E-state index >= 15 is 0 Å². The van der Waals surface area contributed by atoms with Crippen molar-refractivity contribution in [2.24, 2.45) is 11.8 Å². The van der Waals surface area contributed by atoms with Crippen LogP contribution < -0.4 is 0 Å². The number of phosphoric acid groups is 2. The maximum absolute atomic E-state index is 13.1. The highest BCUT2D eigenvalue weighted by atomic mass is 31.2. The molecule has 0 radical (unpaired) electrons. The van der Waals surface area contributed by atoms with E-state index in [4.69, 9.17) is 37.0 Å². The van der Waals surface area contributed by atoms with Gasteiger partial charge in [0.1, 0.15) is 19.3 Å². The second-order valence-corrected chi connectivity index (χ2v) is 34.4. The molecule has 19 heteroatoms. The van der Waals surface area contributed by atoms with Crippen LogP contribution in [0.5, 0.6) is 0 Å². The van der Waals surface area contributed by atoms with Gasteiger partial charge in [-0.25, -0.2) is 9.13 Å². The molecule has 0 aromatic rings. The SMILES string of the molecule is CCCCCCCCCCCCCCCCCCCCCCC(=O)OC[C@H](COP(=O)(O)OC[C@@H](O)COP(=O)(O)OC[C@@H](COC(=O)CCCCCCCCCCCC)OC(=O)CCCCCCCCCCCCC(C)C)OC(=O)CCCCCCCCCCCCCCCCCCCCC(C)C. The van der Waals surface area contributed by atoms with Crippen LogP contribution >= 0.6 is 15.6 Å². The molecule has 0 aliphatic carbocycles. The van der Waals surface area contributed by atoms with Crippen molar-refractivity contribution in [3.8, 4) is 0 Å². The Morgan fingerprint density at radius 2 is 0.442 bits per heavy atom. The molecule has 0 saturated heterocycles. The number of esters is 4. The van der Waals surface area contributed by atoms with Crippen LogP contribution in [0.1, 0.15) is 452 Å². The Kier molecular flexibility index (Phi) is 75.0. The first-order valence-electron chi connectivity index (χ1n) is 44.0. The van der Waals surface area contributed by atoms with Crippen molar-refractivity contribution < 1.29 is 80.2 Å². The molecule has 618 valence electrons. The predicted molar refractivity (Wildman–Crippen MR) is 428 cm³/mol. The topological polar surface area (TPSA) is 237 Å². The smallest absolute Gasteiger partial charge is 0.462 e. The molecular weight excluding hydrogens is 1350 g/mol. The Morgan fingerprint density at radius 1 is 0.260 bits per heavy atom. The zero-order chi connectivity index (χ0) is 76.4. The maximum atomic E-state index is 13.1. The van der Waals surface area contributed by atoms with Gasteiger partial charge >= 0.3 is 39.5 Å². The molecule has 2 unspecified atom stereocenters. The van der Waals surface area contributed by atoms with Crippen molar-refractivity contribution in [1.29, 1.82) is 0 Å². The molecule has 0 amide bonds. The second kappa shape index (κ2) is 76.4. The molecule has 0 rings (SSSR count). The number of rotatable bonds is 84. The first kappa shape index (κ1) is 102. The number of unbranched alkanes of at least 4 members (excludes halogenated alkanes) is 54. The Balaban J connectivity index is 5.21. The lowest BCUT2D eigenvalue weighted by Gasteiger charge is -2.21. The zero-order valence-electron chi connectivity index (χ0n) is 68.3. The minimum Gasteiger partial charge on any atom is -0.462 e. The highest BCUT2D eigenvalue weighted by molar-refractivity contribution is 7.47. The largest absolute Gasteiger partial charge is 0.472 e. The average Bonchev–Trinajstić information content (AvgIpc) is 0.935. The summed E-state index contributed by atoms with van der Waals surface area (Å²) in [4.78, 5) is 73.1. The molecule has 5 atom stereocenters. The summed E-state index contributed by atoms with van der Waals surface area (Å²) >= 11 is 0. The lowest BCUT2D eigenvalue weighted by molar-refractivity contribution is -0.161. The third-order valence-corrected chi connectivity index (χ3v) is 21.9. The monoisotopic (exact) mass is 1520 g/mol. The highest BCUT2D eigenvalue weighted by Gasteiger charge is 2.30. The van der Waals surface area contributed by atoms with Gasteiger partial charge in [-0.2, -0.15) is 0 Å². The first-order valence-corrected chi connectivity index (χ1v) is 47.0. The van der Waals surface area contributed by atoms with Crippen molar-refractivity contribution in [1.82, 2.24) is 0 Å². The van der Waals surface area contributed by atoms with Crippen LogP contribution in [0.3, 0.4) is 0 Å². The van der Waals surface area contributed by atoms with E-state index < -0.39 is 97.5 Å². The minimum absolute atomic E-state index is 0.106. The molecule has 104 heavy (non-hydrogen) atoms. The Morgan fingerprint density at radius 3 is 0.654 bits per heavy atom. The lowest BCUT2D eigenvalue weighted by atomic mass is 10.0. The van der Waals surface area contributed by atoms with Gasteiger partial charge in [-0.15, -0.1) is 0 Å². The van der Waals surface area contributed by atoms with Crippen molar-refractivity contribution in [3.05, 3.63) is 0 Å². The van der Waals surface area contributed by atoms with Gasteiger partial charge in [-0.05, 0) is 37.5 Å². The molecule has 0 heterocycles. The molecule has 0 spiro atoms. The number of carbonyl (C=O) groups excluding carboxylic acids is 4. The highest BCUT2D eigenvalue weighted by Crippen LogP contribution is 2.45. The molecule has 0 aromatic heterocycles. The summed E-state index contributed by atoms with van der Waals surface area (Å²) in [6.45, 7) is 9.67. The van der Waals surface area contributed by atoms with E-state index in [1.54, 1.807) is 0 Å². The van der Waals surface area contributed by atoms with E-state index in [2.05, 4.69) is 41.5 Å². The molecule has 3 N–H and O–H groups in total. The number of aliphatic hydroxyl groups is 1. The fourth-order valence-electron chi connectivity index (χ4n) is 13.2. The number of carbonyl (C=O) groups is 4. The van der Waals surface area contributed by atoms with Crippen molar-refractivity contribution >= 4 is 39.5 Å². The maximum Gasteiger partial charge on any atom is 0.472 e. The van der Waals surface area contributed by atoms with Crippen LogP contribution in [0.25, 0.3) is 0 Å². The molecule has 0 aliphatic heterocycles. The van der Waals surface area contributed by atoms with E-state index in [-0.39, 0.29) is 25.7 Å². The summed E-state index contributed by atoms with van der Waals surface area (Å²) in [5, 5.41) is 10.7. The van der Waals surface area contributed by atoms with Crippen LogP contribution in [0.2, 0.25) is 0 Å². The molecule has 17 nitrogen and oxygen atoms in total. The summed E-state index contributed by atoms with van der Waals surface area (Å²) in [6.07, 6.45) is 68.1. The van der Waals surface area contributed by atoms with Gasteiger partial charge in [0.15, 0.2) is 12.2 Å². The molecule has 0 fully saturated rings. The van der Waals surface area contributed by atoms with Gasteiger partial charge < -0.3 is 33.8 Å². The standard InChI is InChI=1S/C85H166O17P2/c1-7-9-11-13-15-17-19-20-21-22-23-24-28-31-34-37-44-50-56-62-68-83(88)96-74-81(101-84(89)69-63-57-51-45-38-35-32-29-26-25-27-30-33-36-41-47-53-59-65-77(3)4)76-100-104(93,94)98-72-79(86)71-97-103(91,92)99-75-80(73-95-82(87)67-61-55-49-43-18-16-14-12-10-8-2)102-85(90)70-64-58-52-46-40-39-42-48-54-60-66-78(5)6/h77-81,86H,7-76H2,1-6H3,(H,91,92)(H,93,94)/t79-,80+,81+/m0/s1. The van der Waals surface area contributed by atoms with E-state index in [9.17, 15) is 43.2 Å². The Hall–Kier alpha value is -1.94. The minimum atomic E-state index is -4.96. The molecule has 0 saturated carbocycles. The van der Waals surface area contributed by atoms with Crippen molar-refractivity contribution in [2.75, 3.05) is 39.6 Å². The predicted octanol–water partition coefficient (Wildman–Crippen LogP) is 25.8. The molecule has 0 bridgehead atoms. The van der Waals surface area contributed by atoms with Crippen LogP contribution in [0.15, 0.2) is 0 Å². The molecule has 0 aliphatic rings. The van der Waals surface area contributed by atoms with E-state index in [1.165, 1.54) is 270 Å². The summed E-state index contributed by atoms with van der Waals surface area (Å²) < 4.78 is 68.8. The second-order valence-electron chi connectivity index (χ2n) is 31.5. The summed E-state index contributed by atoms with van der Waals surface area (Å²) in [5.41, 5.74) is 0. The molecule has 0 aromatic carbocycles. The summed E-state index contributed by atoms with van der Waals surface area (Å²) in [5.74, 6) is -0.532. The molecular formula is C85H166O17P2. The van der Waals surface area contributed by atoms with Crippen LogP contribution in [0, 0.1) is 11.8 Å². The van der Waals surface area contributed by atoms with Crippen molar-refractivity contribution in [2.45, 2.75) is 471 Å². The number of hydrogen-bond donors (Lipinski definition) is 3. The number of aliphatic hydroxyl groups excluding tert-OH is 1.